The monoisotopic (exact) mass is 286 g/mol. The van der Waals surface area contributed by atoms with E-state index in [2.05, 4.69) is 11.6 Å². The molecule has 0 unspecified atom stereocenters. The molecule has 0 spiro atoms. The van der Waals surface area contributed by atoms with E-state index >= 15 is 0 Å². The lowest BCUT2D eigenvalue weighted by Crippen LogP contribution is -2.51. The minimum absolute atomic E-state index is 0.138. The van der Waals surface area contributed by atoms with Crippen LogP contribution in [0, 0.1) is 5.41 Å². The summed E-state index contributed by atoms with van der Waals surface area (Å²) in [6.07, 6.45) is 8.66. The Balaban J connectivity index is 1.92. The van der Waals surface area contributed by atoms with Gasteiger partial charge >= 0.3 is 0 Å². The van der Waals surface area contributed by atoms with Gasteiger partial charge < -0.3 is 15.8 Å². The molecule has 2 aliphatic rings. The van der Waals surface area contributed by atoms with Crippen LogP contribution in [0.3, 0.4) is 0 Å². The number of ether oxygens (including phenoxy) is 1. The lowest BCUT2D eigenvalue weighted by molar-refractivity contribution is -0.136. The van der Waals surface area contributed by atoms with Gasteiger partial charge in [-0.15, -0.1) is 0 Å². The topological polar surface area (TPSA) is 64.4 Å². The molecular formula is C14H26N2O2S. The molecule has 19 heavy (non-hydrogen) atoms. The van der Waals surface area contributed by atoms with Gasteiger partial charge in [-0.2, -0.15) is 11.8 Å². The molecule has 3 N–H and O–H groups in total. The molecule has 1 saturated carbocycles. The molecule has 0 radical (unpaired) electrons. The molecule has 1 aliphatic carbocycles. The zero-order valence-corrected chi connectivity index (χ0v) is 12.7. The van der Waals surface area contributed by atoms with Crippen LogP contribution in [-0.4, -0.2) is 43.2 Å². The SMILES string of the molecule is CSC1(CNC(=O)C2(CN)CCOCC2)CCCC1. The highest BCUT2D eigenvalue weighted by atomic mass is 32.2. The van der Waals surface area contributed by atoms with Gasteiger partial charge in [0.05, 0.1) is 5.41 Å². The van der Waals surface area contributed by atoms with Crippen molar-refractivity contribution in [3.63, 3.8) is 0 Å². The number of thioether (sulfide) groups is 1. The van der Waals surface area contributed by atoms with Gasteiger partial charge in [-0.1, -0.05) is 12.8 Å². The standard InChI is InChI=1S/C14H26N2O2S/c1-19-14(4-2-3-5-14)11-16-12(17)13(10-15)6-8-18-9-7-13/h2-11,15H2,1H3,(H,16,17). The van der Waals surface area contributed by atoms with Crippen LogP contribution < -0.4 is 11.1 Å². The molecule has 0 aromatic heterocycles. The van der Waals surface area contributed by atoms with Crippen molar-refractivity contribution in [1.82, 2.24) is 5.32 Å². The van der Waals surface area contributed by atoms with Crippen molar-refractivity contribution < 1.29 is 9.53 Å². The van der Waals surface area contributed by atoms with Crippen molar-refractivity contribution in [3.8, 4) is 0 Å². The van der Waals surface area contributed by atoms with Crippen molar-refractivity contribution in [1.29, 1.82) is 0 Å². The first-order valence-corrected chi connectivity index (χ1v) is 8.50. The average Bonchev–Trinajstić information content (AvgIpc) is 2.95. The van der Waals surface area contributed by atoms with Gasteiger partial charge in [-0.3, -0.25) is 4.79 Å². The largest absolute Gasteiger partial charge is 0.381 e. The minimum Gasteiger partial charge on any atom is -0.381 e. The van der Waals surface area contributed by atoms with Crippen molar-refractivity contribution in [2.24, 2.45) is 11.1 Å². The first-order chi connectivity index (χ1) is 9.16. The Hall–Kier alpha value is -0.260. The number of amides is 1. The quantitative estimate of drug-likeness (QED) is 0.804. The van der Waals surface area contributed by atoms with Crippen LogP contribution in [0.15, 0.2) is 0 Å². The summed E-state index contributed by atoms with van der Waals surface area (Å²) in [5, 5.41) is 3.18. The summed E-state index contributed by atoms with van der Waals surface area (Å²) in [7, 11) is 0. The van der Waals surface area contributed by atoms with Gasteiger partial charge in [-0.05, 0) is 31.9 Å². The van der Waals surface area contributed by atoms with Crippen molar-refractivity contribution in [3.05, 3.63) is 0 Å². The van der Waals surface area contributed by atoms with Gasteiger partial charge in [0.15, 0.2) is 0 Å². The van der Waals surface area contributed by atoms with Crippen LogP contribution >= 0.6 is 11.8 Å². The van der Waals surface area contributed by atoms with E-state index in [0.29, 0.717) is 19.8 Å². The average molecular weight is 286 g/mol. The highest BCUT2D eigenvalue weighted by molar-refractivity contribution is 8.00. The fourth-order valence-corrected chi connectivity index (χ4v) is 4.10. The molecule has 110 valence electrons. The summed E-state index contributed by atoms with van der Waals surface area (Å²) in [6, 6.07) is 0. The van der Waals surface area contributed by atoms with Crippen LogP contribution in [0.5, 0.6) is 0 Å². The number of carbonyl (C=O) groups is 1. The van der Waals surface area contributed by atoms with E-state index in [1.165, 1.54) is 25.7 Å². The Kier molecular flexibility index (Phi) is 5.15. The Morgan fingerprint density at radius 3 is 2.42 bits per heavy atom. The maximum atomic E-state index is 12.5. The van der Waals surface area contributed by atoms with Crippen molar-refractivity contribution >= 4 is 17.7 Å². The van der Waals surface area contributed by atoms with E-state index in [0.717, 1.165) is 19.4 Å². The molecule has 1 saturated heterocycles. The number of nitrogens with one attached hydrogen (secondary N) is 1. The smallest absolute Gasteiger partial charge is 0.227 e. The maximum absolute atomic E-state index is 12.5. The fourth-order valence-electron chi connectivity index (χ4n) is 3.19. The Labute approximate surface area is 120 Å². The molecule has 2 fully saturated rings. The van der Waals surface area contributed by atoms with Crippen LogP contribution in [-0.2, 0) is 9.53 Å². The lowest BCUT2D eigenvalue weighted by Gasteiger charge is -2.36. The predicted octanol–water partition coefficient (Wildman–Crippen LogP) is 1.53. The summed E-state index contributed by atoms with van der Waals surface area (Å²) in [6.45, 7) is 2.51. The second-order valence-corrected chi connectivity index (χ2v) is 7.15. The zero-order chi connectivity index (χ0) is 13.8. The molecule has 1 heterocycles. The van der Waals surface area contributed by atoms with Crippen LogP contribution in [0.25, 0.3) is 0 Å². The summed E-state index contributed by atoms with van der Waals surface area (Å²) < 4.78 is 5.62. The van der Waals surface area contributed by atoms with Gasteiger partial charge in [-0.25, -0.2) is 0 Å². The highest BCUT2D eigenvalue weighted by Crippen LogP contribution is 2.40. The molecule has 0 atom stereocenters. The zero-order valence-electron chi connectivity index (χ0n) is 11.9. The van der Waals surface area contributed by atoms with Gasteiger partial charge in [0.1, 0.15) is 0 Å². The molecule has 4 nitrogen and oxygen atoms in total. The van der Waals surface area contributed by atoms with E-state index in [9.17, 15) is 4.79 Å². The van der Waals surface area contributed by atoms with E-state index in [4.69, 9.17) is 10.5 Å². The van der Waals surface area contributed by atoms with E-state index in [1.807, 2.05) is 11.8 Å². The van der Waals surface area contributed by atoms with E-state index < -0.39 is 5.41 Å². The number of rotatable bonds is 5. The number of hydrogen-bond donors (Lipinski definition) is 2. The Morgan fingerprint density at radius 1 is 1.26 bits per heavy atom. The summed E-state index contributed by atoms with van der Waals surface area (Å²) in [5.41, 5.74) is 5.47. The number of nitrogens with two attached hydrogens (primary N) is 1. The number of carbonyl (C=O) groups excluding carboxylic acids is 1. The highest BCUT2D eigenvalue weighted by Gasteiger charge is 2.40. The Bertz CT molecular complexity index is 311. The first-order valence-electron chi connectivity index (χ1n) is 7.28. The lowest BCUT2D eigenvalue weighted by atomic mass is 9.79. The molecule has 2 rings (SSSR count). The molecule has 0 aromatic carbocycles. The van der Waals surface area contributed by atoms with Gasteiger partial charge in [0, 0.05) is 31.1 Å². The first kappa shape index (κ1) is 15.1. The van der Waals surface area contributed by atoms with Crippen LogP contribution in [0.2, 0.25) is 0 Å². The van der Waals surface area contributed by atoms with Crippen molar-refractivity contribution in [2.45, 2.75) is 43.3 Å². The molecule has 0 aromatic rings. The second kappa shape index (κ2) is 6.46. The third-order valence-electron chi connectivity index (χ3n) is 4.84. The fraction of sp³-hybridized carbons (Fsp3) is 0.929. The third kappa shape index (κ3) is 3.26. The third-order valence-corrected chi connectivity index (χ3v) is 6.26. The summed E-state index contributed by atoms with van der Waals surface area (Å²) in [5.74, 6) is 0.138. The van der Waals surface area contributed by atoms with Crippen molar-refractivity contribution in [2.75, 3.05) is 32.6 Å². The van der Waals surface area contributed by atoms with Gasteiger partial charge in [0.2, 0.25) is 5.91 Å². The molecule has 5 heteroatoms. The minimum atomic E-state index is -0.392. The Morgan fingerprint density at radius 2 is 1.89 bits per heavy atom. The second-order valence-electron chi connectivity index (χ2n) is 5.87. The predicted molar refractivity (Wildman–Crippen MR) is 79.3 cm³/mol. The normalized spacial score (nSPS) is 25.2. The van der Waals surface area contributed by atoms with E-state index in [-0.39, 0.29) is 10.7 Å². The summed E-state index contributed by atoms with van der Waals surface area (Å²) in [4.78, 5) is 12.5. The van der Waals surface area contributed by atoms with Crippen LogP contribution in [0.4, 0.5) is 0 Å². The van der Waals surface area contributed by atoms with Crippen LogP contribution in [0.1, 0.15) is 38.5 Å². The molecule has 0 bridgehead atoms. The van der Waals surface area contributed by atoms with E-state index in [1.54, 1.807) is 0 Å². The number of hydrogen-bond acceptors (Lipinski definition) is 4. The molecule has 1 amide bonds. The molecule has 1 aliphatic heterocycles. The summed E-state index contributed by atoms with van der Waals surface area (Å²) >= 11 is 1.90. The maximum Gasteiger partial charge on any atom is 0.227 e. The van der Waals surface area contributed by atoms with Gasteiger partial charge in [0.25, 0.3) is 0 Å². The molecular weight excluding hydrogens is 260 g/mol.